The van der Waals surface area contributed by atoms with Crippen molar-refractivity contribution in [3.8, 4) is 0 Å². The fraction of sp³-hybridized carbons (Fsp3) is 0.812. The van der Waals surface area contributed by atoms with Crippen LogP contribution >= 0.6 is 0 Å². The minimum Gasteiger partial charge on any atom is -0.463 e. The molecule has 1 aliphatic carbocycles. The van der Waals surface area contributed by atoms with Crippen molar-refractivity contribution in [2.24, 2.45) is 11.3 Å². The van der Waals surface area contributed by atoms with Gasteiger partial charge in [0.2, 0.25) is 0 Å². The van der Waals surface area contributed by atoms with Gasteiger partial charge in [0, 0.05) is 19.2 Å². The predicted molar refractivity (Wildman–Crippen MR) is 79.0 cm³/mol. The maximum Gasteiger partial charge on any atom is 0.330 e. The van der Waals surface area contributed by atoms with Crippen molar-refractivity contribution in [3.63, 3.8) is 0 Å². The van der Waals surface area contributed by atoms with Gasteiger partial charge in [-0.15, -0.1) is 0 Å². The maximum atomic E-state index is 11.1. The van der Waals surface area contributed by atoms with Crippen LogP contribution in [0.2, 0.25) is 0 Å². The number of esters is 1. The molecular weight excluding hydrogens is 238 g/mol. The molecule has 1 rings (SSSR count). The molecule has 1 N–H and O–H groups in total. The lowest BCUT2D eigenvalue weighted by Gasteiger charge is -2.31. The second-order valence-electron chi connectivity index (χ2n) is 6.09. The Kier molecular flexibility index (Phi) is 7.14. The van der Waals surface area contributed by atoms with Gasteiger partial charge in [0.15, 0.2) is 0 Å². The summed E-state index contributed by atoms with van der Waals surface area (Å²) in [4.78, 5) is 11.1. The molecule has 3 heteroatoms. The molecular formula is C16H29NO2. The average molecular weight is 267 g/mol. The Morgan fingerprint density at radius 1 is 1.37 bits per heavy atom. The fourth-order valence-corrected chi connectivity index (χ4v) is 3.21. The third-order valence-electron chi connectivity index (χ3n) is 3.81. The zero-order chi connectivity index (χ0) is 14.1. The molecule has 0 bridgehead atoms. The van der Waals surface area contributed by atoms with Crippen LogP contribution in [0.25, 0.3) is 0 Å². The van der Waals surface area contributed by atoms with Crippen LogP contribution in [0.15, 0.2) is 12.2 Å². The Morgan fingerprint density at radius 2 is 2.05 bits per heavy atom. The van der Waals surface area contributed by atoms with E-state index in [-0.39, 0.29) is 5.97 Å². The number of carbonyl (C=O) groups excluding carboxylic acids is 1. The molecule has 0 aromatic rings. The standard InChI is InChI=1S/C16H29NO2/c1-4-19-15(18)8-7-11-17-13-16(12-14(2)3)9-5-6-10-16/h7-8,14,17H,4-6,9-13H2,1-3H3/b8-7+. The molecule has 0 aromatic heterocycles. The van der Waals surface area contributed by atoms with Crippen LogP contribution in [-0.2, 0) is 9.53 Å². The number of ether oxygens (including phenoxy) is 1. The summed E-state index contributed by atoms with van der Waals surface area (Å²) in [5, 5.41) is 3.48. The summed E-state index contributed by atoms with van der Waals surface area (Å²) in [5.74, 6) is 0.511. The highest BCUT2D eigenvalue weighted by molar-refractivity contribution is 5.81. The van der Waals surface area contributed by atoms with E-state index in [9.17, 15) is 4.79 Å². The first-order chi connectivity index (χ1) is 9.08. The van der Waals surface area contributed by atoms with Crippen molar-refractivity contribution in [1.29, 1.82) is 0 Å². The summed E-state index contributed by atoms with van der Waals surface area (Å²) in [7, 11) is 0. The van der Waals surface area contributed by atoms with Crippen molar-refractivity contribution in [2.45, 2.75) is 52.9 Å². The van der Waals surface area contributed by atoms with E-state index < -0.39 is 0 Å². The molecule has 19 heavy (non-hydrogen) atoms. The van der Waals surface area contributed by atoms with Gasteiger partial charge in [0.25, 0.3) is 0 Å². The number of nitrogens with one attached hydrogen (secondary N) is 1. The van der Waals surface area contributed by atoms with Gasteiger partial charge in [-0.1, -0.05) is 32.8 Å². The zero-order valence-electron chi connectivity index (χ0n) is 12.7. The Bertz CT molecular complexity index is 291. The predicted octanol–water partition coefficient (Wildman–Crippen LogP) is 3.30. The molecule has 0 unspecified atom stereocenters. The molecule has 0 amide bonds. The van der Waals surface area contributed by atoms with E-state index in [0.717, 1.165) is 19.0 Å². The lowest BCUT2D eigenvalue weighted by Crippen LogP contribution is -2.33. The number of rotatable bonds is 8. The number of carbonyl (C=O) groups is 1. The van der Waals surface area contributed by atoms with Gasteiger partial charge in [-0.3, -0.25) is 0 Å². The topological polar surface area (TPSA) is 38.3 Å². The third kappa shape index (κ3) is 6.24. The first-order valence-corrected chi connectivity index (χ1v) is 7.62. The fourth-order valence-electron chi connectivity index (χ4n) is 3.21. The number of hydrogen-bond donors (Lipinski definition) is 1. The van der Waals surface area contributed by atoms with Crippen LogP contribution in [0.3, 0.4) is 0 Å². The highest BCUT2D eigenvalue weighted by Crippen LogP contribution is 2.42. The summed E-state index contributed by atoms with van der Waals surface area (Å²) in [5.41, 5.74) is 0.492. The smallest absolute Gasteiger partial charge is 0.330 e. The molecule has 0 spiro atoms. The highest BCUT2D eigenvalue weighted by atomic mass is 16.5. The SMILES string of the molecule is CCOC(=O)/C=C/CNCC1(CC(C)C)CCCC1. The monoisotopic (exact) mass is 267 g/mol. The molecule has 1 saturated carbocycles. The van der Waals surface area contributed by atoms with Gasteiger partial charge in [-0.05, 0) is 37.5 Å². The van der Waals surface area contributed by atoms with E-state index in [4.69, 9.17) is 4.74 Å². The molecule has 0 aromatic carbocycles. The van der Waals surface area contributed by atoms with E-state index in [2.05, 4.69) is 19.2 Å². The molecule has 110 valence electrons. The Balaban J connectivity index is 2.27. The van der Waals surface area contributed by atoms with Crippen LogP contribution in [0.4, 0.5) is 0 Å². The van der Waals surface area contributed by atoms with E-state index in [1.807, 2.05) is 13.0 Å². The van der Waals surface area contributed by atoms with E-state index in [1.54, 1.807) is 0 Å². The van der Waals surface area contributed by atoms with Gasteiger partial charge in [0.05, 0.1) is 6.61 Å². The second kappa shape index (κ2) is 8.36. The summed E-state index contributed by atoms with van der Waals surface area (Å²) in [6.45, 7) is 8.69. The quantitative estimate of drug-likeness (QED) is 0.416. The average Bonchev–Trinajstić information content (AvgIpc) is 2.77. The molecule has 0 atom stereocenters. The summed E-state index contributed by atoms with van der Waals surface area (Å²) in [6, 6.07) is 0. The Hall–Kier alpha value is -0.830. The molecule has 0 saturated heterocycles. The van der Waals surface area contributed by atoms with Crippen molar-refractivity contribution < 1.29 is 9.53 Å². The zero-order valence-corrected chi connectivity index (χ0v) is 12.7. The van der Waals surface area contributed by atoms with Crippen molar-refractivity contribution in [1.82, 2.24) is 5.32 Å². The highest BCUT2D eigenvalue weighted by Gasteiger charge is 2.33. The van der Waals surface area contributed by atoms with E-state index in [0.29, 0.717) is 12.0 Å². The van der Waals surface area contributed by atoms with Crippen LogP contribution < -0.4 is 5.32 Å². The van der Waals surface area contributed by atoms with E-state index in [1.165, 1.54) is 38.2 Å². The normalized spacial score (nSPS) is 18.3. The molecule has 0 radical (unpaired) electrons. The molecule has 0 aliphatic heterocycles. The maximum absolute atomic E-state index is 11.1. The van der Waals surface area contributed by atoms with Gasteiger partial charge >= 0.3 is 5.97 Å². The van der Waals surface area contributed by atoms with Crippen LogP contribution in [0.5, 0.6) is 0 Å². The minimum atomic E-state index is -0.248. The summed E-state index contributed by atoms with van der Waals surface area (Å²) in [6.07, 6.45) is 10.1. The summed E-state index contributed by atoms with van der Waals surface area (Å²) < 4.78 is 4.84. The third-order valence-corrected chi connectivity index (χ3v) is 3.81. The lowest BCUT2D eigenvalue weighted by atomic mass is 9.78. The van der Waals surface area contributed by atoms with Crippen molar-refractivity contribution >= 4 is 5.97 Å². The van der Waals surface area contributed by atoms with Gasteiger partial charge in [-0.2, -0.15) is 0 Å². The molecule has 0 heterocycles. The first-order valence-electron chi connectivity index (χ1n) is 7.62. The first kappa shape index (κ1) is 16.2. The Labute approximate surface area is 117 Å². The van der Waals surface area contributed by atoms with Crippen LogP contribution in [0.1, 0.15) is 52.9 Å². The molecule has 1 fully saturated rings. The second-order valence-corrected chi connectivity index (χ2v) is 6.09. The number of hydrogen-bond acceptors (Lipinski definition) is 3. The largest absolute Gasteiger partial charge is 0.463 e. The summed E-state index contributed by atoms with van der Waals surface area (Å²) >= 11 is 0. The van der Waals surface area contributed by atoms with Gasteiger partial charge in [0.1, 0.15) is 0 Å². The lowest BCUT2D eigenvalue weighted by molar-refractivity contribution is -0.137. The van der Waals surface area contributed by atoms with Gasteiger partial charge in [-0.25, -0.2) is 4.79 Å². The minimum absolute atomic E-state index is 0.248. The van der Waals surface area contributed by atoms with Crippen LogP contribution in [0, 0.1) is 11.3 Å². The molecule has 1 aliphatic rings. The molecule has 3 nitrogen and oxygen atoms in total. The Morgan fingerprint density at radius 3 is 2.63 bits per heavy atom. The van der Waals surface area contributed by atoms with Crippen molar-refractivity contribution in [3.05, 3.63) is 12.2 Å². The van der Waals surface area contributed by atoms with Gasteiger partial charge < -0.3 is 10.1 Å². The van der Waals surface area contributed by atoms with Crippen LogP contribution in [-0.4, -0.2) is 25.7 Å². The van der Waals surface area contributed by atoms with Crippen molar-refractivity contribution in [2.75, 3.05) is 19.7 Å². The van der Waals surface area contributed by atoms with E-state index >= 15 is 0 Å².